The quantitative estimate of drug-likeness (QED) is 0.279. The number of ether oxygens (including phenoxy) is 1. The smallest absolute Gasteiger partial charge is 0.306 e. The summed E-state index contributed by atoms with van der Waals surface area (Å²) in [5.41, 5.74) is 6.78. The Morgan fingerprint density at radius 3 is 2.71 bits per heavy atom. The number of anilines is 1. The third kappa shape index (κ3) is 3.13. The number of carbonyl (C=O) groups is 2. The van der Waals surface area contributed by atoms with Crippen LogP contribution >= 0.6 is 0 Å². The highest BCUT2D eigenvalue weighted by Crippen LogP contribution is 2.27. The summed E-state index contributed by atoms with van der Waals surface area (Å²) in [6, 6.07) is 6.80. The van der Waals surface area contributed by atoms with Crippen LogP contribution in [0.5, 0.6) is 0 Å². The van der Waals surface area contributed by atoms with Crippen molar-refractivity contribution >= 4 is 23.4 Å². The second-order valence-corrected chi connectivity index (χ2v) is 4.79. The van der Waals surface area contributed by atoms with Crippen LogP contribution in [-0.2, 0) is 14.3 Å². The van der Waals surface area contributed by atoms with E-state index in [0.717, 1.165) is 5.69 Å². The van der Waals surface area contributed by atoms with Crippen molar-refractivity contribution in [3.63, 3.8) is 0 Å². The molecule has 3 N–H and O–H groups in total. The van der Waals surface area contributed by atoms with Crippen molar-refractivity contribution in [1.29, 1.82) is 0 Å². The molecule has 0 radical (unpaired) electrons. The molecule has 0 saturated carbocycles. The van der Waals surface area contributed by atoms with E-state index in [2.05, 4.69) is 9.89 Å². The van der Waals surface area contributed by atoms with Crippen LogP contribution in [0.3, 0.4) is 0 Å². The topological polar surface area (TPSA) is 105 Å². The van der Waals surface area contributed by atoms with Crippen molar-refractivity contribution in [3.8, 4) is 0 Å². The molecule has 0 bridgehead atoms. The van der Waals surface area contributed by atoms with E-state index in [1.165, 1.54) is 7.11 Å². The summed E-state index contributed by atoms with van der Waals surface area (Å²) in [6.07, 6.45) is 0.726. The molecule has 1 amide bonds. The average molecular weight is 291 g/mol. The summed E-state index contributed by atoms with van der Waals surface area (Å²) >= 11 is 0. The SMILES string of the molecule is COC(=O)CC1CCN(c2ccc(C(N)=NO)cc2)C1=O. The molecule has 1 aromatic rings. The Hall–Kier alpha value is -2.57. The first-order chi connectivity index (χ1) is 10.1. The van der Waals surface area contributed by atoms with Crippen molar-refractivity contribution in [1.82, 2.24) is 0 Å². The lowest BCUT2D eigenvalue weighted by Crippen LogP contribution is -2.28. The minimum atomic E-state index is -0.377. The number of esters is 1. The standard InChI is InChI=1S/C14H17N3O4/c1-21-12(18)8-10-6-7-17(14(10)19)11-4-2-9(3-5-11)13(15)16-20/h2-5,10,20H,6-8H2,1H3,(H2,15,16). The third-order valence-corrected chi connectivity index (χ3v) is 3.54. The highest BCUT2D eigenvalue weighted by atomic mass is 16.5. The maximum atomic E-state index is 12.3. The van der Waals surface area contributed by atoms with Crippen LogP contribution in [0.15, 0.2) is 29.4 Å². The second kappa shape index (κ2) is 6.25. The molecule has 0 aliphatic carbocycles. The number of hydrogen-bond donors (Lipinski definition) is 2. The van der Waals surface area contributed by atoms with Crippen LogP contribution < -0.4 is 10.6 Å². The van der Waals surface area contributed by atoms with E-state index in [0.29, 0.717) is 18.5 Å². The lowest BCUT2D eigenvalue weighted by Gasteiger charge is -2.17. The zero-order valence-electron chi connectivity index (χ0n) is 11.7. The first-order valence-corrected chi connectivity index (χ1v) is 6.53. The number of hydrogen-bond acceptors (Lipinski definition) is 5. The molecule has 7 nitrogen and oxygen atoms in total. The Bertz CT molecular complexity index is 568. The predicted molar refractivity (Wildman–Crippen MR) is 76.0 cm³/mol. The molecule has 1 aliphatic rings. The molecule has 1 saturated heterocycles. The fourth-order valence-electron chi connectivity index (χ4n) is 2.34. The Kier molecular flexibility index (Phi) is 4.42. The van der Waals surface area contributed by atoms with Crippen LogP contribution in [0, 0.1) is 5.92 Å². The molecular formula is C14H17N3O4. The Balaban J connectivity index is 2.09. The highest BCUT2D eigenvalue weighted by molar-refractivity contribution is 6.00. The van der Waals surface area contributed by atoms with E-state index in [4.69, 9.17) is 10.9 Å². The Morgan fingerprint density at radius 2 is 2.14 bits per heavy atom. The molecule has 112 valence electrons. The van der Waals surface area contributed by atoms with Crippen molar-refractivity contribution in [3.05, 3.63) is 29.8 Å². The summed E-state index contributed by atoms with van der Waals surface area (Å²) in [5, 5.41) is 11.5. The maximum Gasteiger partial charge on any atom is 0.306 e. The lowest BCUT2D eigenvalue weighted by atomic mass is 10.0. The fraction of sp³-hybridized carbons (Fsp3) is 0.357. The van der Waals surface area contributed by atoms with Gasteiger partial charge in [0.25, 0.3) is 0 Å². The maximum absolute atomic E-state index is 12.3. The van der Waals surface area contributed by atoms with Gasteiger partial charge in [-0.1, -0.05) is 5.16 Å². The van der Waals surface area contributed by atoms with Crippen molar-refractivity contribution in [2.45, 2.75) is 12.8 Å². The van der Waals surface area contributed by atoms with Gasteiger partial charge in [0.05, 0.1) is 19.4 Å². The Labute approximate surface area is 122 Å². The van der Waals surface area contributed by atoms with Gasteiger partial charge in [-0.05, 0) is 30.7 Å². The minimum Gasteiger partial charge on any atom is -0.469 e. The summed E-state index contributed by atoms with van der Waals surface area (Å²) in [4.78, 5) is 25.2. The largest absolute Gasteiger partial charge is 0.469 e. The van der Waals surface area contributed by atoms with Crippen LogP contribution in [0.25, 0.3) is 0 Å². The molecule has 1 heterocycles. The van der Waals surface area contributed by atoms with Gasteiger partial charge < -0.3 is 20.6 Å². The van der Waals surface area contributed by atoms with Gasteiger partial charge >= 0.3 is 5.97 Å². The highest BCUT2D eigenvalue weighted by Gasteiger charge is 2.34. The van der Waals surface area contributed by atoms with Crippen LogP contribution in [-0.4, -0.2) is 36.6 Å². The van der Waals surface area contributed by atoms with E-state index in [-0.39, 0.29) is 30.1 Å². The van der Waals surface area contributed by atoms with Crippen LogP contribution in [0.1, 0.15) is 18.4 Å². The van der Waals surface area contributed by atoms with E-state index < -0.39 is 0 Å². The molecule has 2 rings (SSSR count). The molecular weight excluding hydrogens is 274 g/mol. The zero-order chi connectivity index (χ0) is 15.4. The van der Waals surface area contributed by atoms with Gasteiger partial charge in [-0.15, -0.1) is 0 Å². The summed E-state index contributed by atoms with van der Waals surface area (Å²) in [7, 11) is 1.31. The summed E-state index contributed by atoms with van der Waals surface area (Å²) in [5.74, 6) is -0.784. The van der Waals surface area contributed by atoms with Gasteiger partial charge in [0.15, 0.2) is 5.84 Å². The summed E-state index contributed by atoms with van der Waals surface area (Å²) in [6.45, 7) is 0.559. The number of oxime groups is 1. The third-order valence-electron chi connectivity index (χ3n) is 3.54. The molecule has 0 aromatic heterocycles. The van der Waals surface area contributed by atoms with Crippen LogP contribution in [0.2, 0.25) is 0 Å². The number of amides is 1. The minimum absolute atomic E-state index is 0.0119. The number of rotatable bonds is 4. The second-order valence-electron chi connectivity index (χ2n) is 4.79. The van der Waals surface area contributed by atoms with Crippen LogP contribution in [0.4, 0.5) is 5.69 Å². The molecule has 21 heavy (non-hydrogen) atoms. The van der Waals surface area contributed by atoms with E-state index >= 15 is 0 Å². The molecule has 1 unspecified atom stereocenters. The van der Waals surface area contributed by atoms with E-state index in [1.807, 2.05) is 0 Å². The van der Waals surface area contributed by atoms with Gasteiger partial charge in [-0.25, -0.2) is 0 Å². The Morgan fingerprint density at radius 1 is 1.48 bits per heavy atom. The van der Waals surface area contributed by atoms with Crippen molar-refractivity contribution < 1.29 is 19.5 Å². The molecule has 7 heteroatoms. The molecule has 1 fully saturated rings. The molecule has 1 aromatic carbocycles. The predicted octanol–water partition coefficient (Wildman–Crippen LogP) is 0.697. The number of benzene rings is 1. The average Bonchev–Trinajstić information content (AvgIpc) is 2.87. The van der Waals surface area contributed by atoms with E-state index in [1.54, 1.807) is 29.2 Å². The number of carbonyl (C=O) groups excluding carboxylic acids is 2. The zero-order valence-corrected chi connectivity index (χ0v) is 11.7. The van der Waals surface area contributed by atoms with Gasteiger partial charge in [0.1, 0.15) is 0 Å². The molecule has 0 spiro atoms. The van der Waals surface area contributed by atoms with Gasteiger partial charge in [0, 0.05) is 17.8 Å². The van der Waals surface area contributed by atoms with E-state index in [9.17, 15) is 9.59 Å². The number of nitrogens with zero attached hydrogens (tertiary/aromatic N) is 2. The number of methoxy groups -OCH3 is 1. The fourth-order valence-corrected chi connectivity index (χ4v) is 2.34. The lowest BCUT2D eigenvalue weighted by molar-refractivity contribution is -0.143. The van der Waals surface area contributed by atoms with Gasteiger partial charge in [0.2, 0.25) is 5.91 Å². The molecule has 1 atom stereocenters. The molecule has 1 aliphatic heterocycles. The summed E-state index contributed by atoms with van der Waals surface area (Å²) < 4.78 is 4.60. The normalized spacial score (nSPS) is 18.9. The van der Waals surface area contributed by atoms with Gasteiger partial charge in [-0.2, -0.15) is 0 Å². The number of nitrogens with two attached hydrogens (primary N) is 1. The monoisotopic (exact) mass is 291 g/mol. The van der Waals surface area contributed by atoms with Gasteiger partial charge in [-0.3, -0.25) is 9.59 Å². The number of amidine groups is 1. The van der Waals surface area contributed by atoms with Crippen molar-refractivity contribution in [2.75, 3.05) is 18.6 Å². The first-order valence-electron chi connectivity index (χ1n) is 6.53. The van der Waals surface area contributed by atoms with Crippen molar-refractivity contribution in [2.24, 2.45) is 16.8 Å². The first kappa shape index (κ1) is 14.8.